The highest BCUT2D eigenvalue weighted by atomic mass is 32.1. The number of amides is 2. The van der Waals surface area contributed by atoms with E-state index < -0.39 is 11.8 Å². The third-order valence-electron chi connectivity index (χ3n) is 4.94. The molecule has 34 heavy (non-hydrogen) atoms. The highest BCUT2D eigenvalue weighted by molar-refractivity contribution is 7.80. The first-order valence-corrected chi connectivity index (χ1v) is 10.6. The van der Waals surface area contributed by atoms with Gasteiger partial charge in [0.25, 0.3) is 11.8 Å². The minimum absolute atomic E-state index is 0.0945. The smallest absolute Gasteiger partial charge is 0.291 e. The first kappa shape index (κ1) is 22.8. The molecular weight excluding hydrogens is 454 g/mol. The largest absolute Gasteiger partial charge is 0.496 e. The van der Waals surface area contributed by atoms with Crippen molar-refractivity contribution >= 4 is 51.5 Å². The Morgan fingerprint density at radius 3 is 2.32 bits per heavy atom. The van der Waals surface area contributed by atoms with Gasteiger partial charge in [-0.2, -0.15) is 0 Å². The van der Waals surface area contributed by atoms with Crippen LogP contribution in [-0.2, 0) is 0 Å². The standard InChI is InChI=1S/C25H21N3O5S/c1-31-20-10-6-4-8-17(20)23(29)28-25(34)26-16-11-12-18(21(14-16)32-2)27-24(30)22-13-15-7-3-5-9-19(15)33-22/h3-14H,1-2H3,(H,27,30)(H2,26,28,29,34). The Balaban J connectivity index is 1.43. The third-order valence-corrected chi connectivity index (χ3v) is 5.14. The van der Waals surface area contributed by atoms with E-state index in [0.29, 0.717) is 34.0 Å². The molecule has 0 unspecified atom stereocenters. The number of ether oxygens (including phenoxy) is 2. The molecule has 0 radical (unpaired) electrons. The SMILES string of the molecule is COc1cc(NC(=S)NC(=O)c2ccccc2OC)ccc1NC(=O)c1cc2ccccc2o1. The monoisotopic (exact) mass is 475 g/mol. The maximum Gasteiger partial charge on any atom is 0.291 e. The number of anilines is 2. The summed E-state index contributed by atoms with van der Waals surface area (Å²) in [5, 5.41) is 9.26. The van der Waals surface area contributed by atoms with Gasteiger partial charge in [0, 0.05) is 17.1 Å². The molecule has 0 aliphatic rings. The van der Waals surface area contributed by atoms with Crippen molar-refractivity contribution in [2.45, 2.75) is 0 Å². The molecule has 8 nitrogen and oxygen atoms in total. The summed E-state index contributed by atoms with van der Waals surface area (Å²) in [6, 6.07) is 20.9. The summed E-state index contributed by atoms with van der Waals surface area (Å²) in [6.07, 6.45) is 0. The Labute approximate surface area is 200 Å². The summed E-state index contributed by atoms with van der Waals surface area (Å²) in [4.78, 5) is 25.2. The quantitative estimate of drug-likeness (QED) is 0.343. The van der Waals surface area contributed by atoms with E-state index in [2.05, 4.69) is 16.0 Å². The van der Waals surface area contributed by atoms with Crippen molar-refractivity contribution in [2.75, 3.05) is 24.9 Å². The summed E-state index contributed by atoms with van der Waals surface area (Å²) in [5.74, 6) is 0.208. The minimum Gasteiger partial charge on any atom is -0.496 e. The van der Waals surface area contributed by atoms with Gasteiger partial charge in [-0.25, -0.2) is 0 Å². The molecule has 0 aliphatic heterocycles. The van der Waals surface area contributed by atoms with Crippen molar-refractivity contribution < 1.29 is 23.5 Å². The molecule has 0 spiro atoms. The molecule has 0 saturated carbocycles. The maximum atomic E-state index is 12.7. The lowest BCUT2D eigenvalue weighted by atomic mass is 10.2. The molecule has 0 atom stereocenters. The zero-order valence-corrected chi connectivity index (χ0v) is 19.2. The molecular formula is C25H21N3O5S. The first-order valence-electron chi connectivity index (χ1n) is 10.2. The molecule has 0 aliphatic carbocycles. The van der Waals surface area contributed by atoms with Gasteiger partial charge >= 0.3 is 0 Å². The Morgan fingerprint density at radius 2 is 1.56 bits per heavy atom. The Kier molecular flexibility index (Phi) is 6.74. The number of furan rings is 1. The number of methoxy groups -OCH3 is 2. The van der Waals surface area contributed by atoms with Crippen molar-refractivity contribution in [1.82, 2.24) is 5.32 Å². The van der Waals surface area contributed by atoms with E-state index in [0.717, 1.165) is 5.39 Å². The van der Waals surface area contributed by atoms with Crippen molar-refractivity contribution in [3.8, 4) is 11.5 Å². The van der Waals surface area contributed by atoms with Crippen molar-refractivity contribution in [2.24, 2.45) is 0 Å². The number of carbonyl (C=O) groups excluding carboxylic acids is 2. The average molecular weight is 476 g/mol. The van der Waals surface area contributed by atoms with Crippen LogP contribution < -0.4 is 25.4 Å². The van der Waals surface area contributed by atoms with Crippen LogP contribution in [0.25, 0.3) is 11.0 Å². The summed E-state index contributed by atoms with van der Waals surface area (Å²) in [6.45, 7) is 0. The Morgan fingerprint density at radius 1 is 0.824 bits per heavy atom. The fourth-order valence-corrected chi connectivity index (χ4v) is 3.53. The van der Waals surface area contributed by atoms with Crippen LogP contribution in [0.4, 0.5) is 11.4 Å². The summed E-state index contributed by atoms with van der Waals surface area (Å²) in [7, 11) is 2.97. The van der Waals surface area contributed by atoms with Crippen molar-refractivity contribution in [3.05, 3.63) is 84.1 Å². The summed E-state index contributed by atoms with van der Waals surface area (Å²) >= 11 is 5.26. The van der Waals surface area contributed by atoms with E-state index in [1.807, 2.05) is 18.2 Å². The van der Waals surface area contributed by atoms with Gasteiger partial charge in [0.15, 0.2) is 10.9 Å². The van der Waals surface area contributed by atoms with Gasteiger partial charge in [-0.3, -0.25) is 14.9 Å². The van der Waals surface area contributed by atoms with E-state index in [4.69, 9.17) is 26.1 Å². The van der Waals surface area contributed by atoms with E-state index in [1.165, 1.54) is 14.2 Å². The maximum absolute atomic E-state index is 12.7. The second kappa shape index (κ2) is 10.1. The summed E-state index contributed by atoms with van der Waals surface area (Å²) < 4.78 is 16.2. The van der Waals surface area contributed by atoms with Gasteiger partial charge in [0.05, 0.1) is 25.5 Å². The molecule has 4 aromatic rings. The zero-order chi connectivity index (χ0) is 24.1. The van der Waals surface area contributed by atoms with Crippen LogP contribution >= 0.6 is 12.2 Å². The lowest BCUT2D eigenvalue weighted by molar-refractivity contribution is 0.0972. The lowest BCUT2D eigenvalue weighted by Crippen LogP contribution is -2.34. The zero-order valence-electron chi connectivity index (χ0n) is 18.4. The van der Waals surface area contributed by atoms with Gasteiger partial charge < -0.3 is 24.5 Å². The van der Waals surface area contributed by atoms with Gasteiger partial charge in [-0.1, -0.05) is 30.3 Å². The second-order valence-corrected chi connectivity index (χ2v) is 7.53. The number of nitrogens with one attached hydrogen (secondary N) is 3. The molecule has 1 aromatic heterocycles. The van der Waals surface area contributed by atoms with Crippen LogP contribution in [0.1, 0.15) is 20.9 Å². The number of hydrogen-bond acceptors (Lipinski definition) is 6. The molecule has 4 rings (SSSR count). The second-order valence-electron chi connectivity index (χ2n) is 7.13. The molecule has 3 N–H and O–H groups in total. The topological polar surface area (TPSA) is 102 Å². The van der Waals surface area contributed by atoms with E-state index in [1.54, 1.807) is 54.6 Å². The van der Waals surface area contributed by atoms with Crippen LogP contribution in [0.15, 0.2) is 77.2 Å². The molecule has 1 heterocycles. The molecule has 0 saturated heterocycles. The fourth-order valence-electron chi connectivity index (χ4n) is 3.31. The number of para-hydroxylation sites is 2. The predicted molar refractivity (Wildman–Crippen MR) is 134 cm³/mol. The van der Waals surface area contributed by atoms with Gasteiger partial charge in [-0.05, 0) is 48.6 Å². The van der Waals surface area contributed by atoms with Crippen LogP contribution in [-0.4, -0.2) is 31.1 Å². The number of fused-ring (bicyclic) bond motifs is 1. The van der Waals surface area contributed by atoms with Gasteiger partial charge in [-0.15, -0.1) is 0 Å². The number of carbonyl (C=O) groups is 2. The first-order chi connectivity index (χ1) is 16.5. The average Bonchev–Trinajstić information content (AvgIpc) is 3.29. The number of benzene rings is 3. The third kappa shape index (κ3) is 5.00. The lowest BCUT2D eigenvalue weighted by Gasteiger charge is -2.14. The normalized spacial score (nSPS) is 10.4. The Bertz CT molecular complexity index is 1350. The number of thiocarbonyl (C=S) groups is 1. The highest BCUT2D eigenvalue weighted by Crippen LogP contribution is 2.29. The Hall–Kier alpha value is -4.37. The summed E-state index contributed by atoms with van der Waals surface area (Å²) in [5.41, 5.74) is 1.99. The van der Waals surface area contributed by atoms with Crippen molar-refractivity contribution in [3.63, 3.8) is 0 Å². The fraction of sp³-hybridized carbons (Fsp3) is 0.0800. The van der Waals surface area contributed by atoms with Crippen LogP contribution in [0.3, 0.4) is 0 Å². The highest BCUT2D eigenvalue weighted by Gasteiger charge is 2.16. The van der Waals surface area contributed by atoms with Crippen LogP contribution in [0.5, 0.6) is 11.5 Å². The van der Waals surface area contributed by atoms with E-state index >= 15 is 0 Å². The minimum atomic E-state index is -0.408. The molecule has 3 aromatic carbocycles. The van der Waals surface area contributed by atoms with Crippen molar-refractivity contribution in [1.29, 1.82) is 0 Å². The predicted octanol–water partition coefficient (Wildman–Crippen LogP) is 4.83. The molecule has 172 valence electrons. The molecule has 0 fully saturated rings. The van der Waals surface area contributed by atoms with Gasteiger partial charge in [0.2, 0.25) is 0 Å². The molecule has 0 bridgehead atoms. The van der Waals surface area contributed by atoms with Crippen LogP contribution in [0.2, 0.25) is 0 Å². The van der Waals surface area contributed by atoms with Gasteiger partial charge in [0.1, 0.15) is 17.1 Å². The van der Waals surface area contributed by atoms with E-state index in [-0.39, 0.29) is 10.9 Å². The number of rotatable bonds is 6. The molecule has 2 amide bonds. The number of hydrogen-bond donors (Lipinski definition) is 3. The van der Waals surface area contributed by atoms with Crippen LogP contribution in [0, 0.1) is 0 Å². The molecule has 9 heteroatoms. The van der Waals surface area contributed by atoms with E-state index in [9.17, 15) is 9.59 Å².